The fourth-order valence-corrected chi connectivity index (χ4v) is 1.89. The molecule has 13 heavy (non-hydrogen) atoms. The third-order valence-electron chi connectivity index (χ3n) is 2.48. The van der Waals surface area contributed by atoms with E-state index in [0.717, 1.165) is 19.3 Å². The largest absolute Gasteiger partial charge is 0.397 e. The number of aromatic nitrogens is 1. The number of nitrogens with two attached hydrogens (primary N) is 1. The van der Waals surface area contributed by atoms with Crippen molar-refractivity contribution >= 4 is 17.3 Å². The molecule has 0 bridgehead atoms. The lowest BCUT2D eigenvalue weighted by Crippen LogP contribution is -2.34. The smallest absolute Gasteiger partial charge is 0.108 e. The highest BCUT2D eigenvalue weighted by atomic mass is 35.5. The standard InChI is InChI=1S/C9H11ClN2O/c10-7-4-6(11)5-12-8(7)9(13)2-1-3-9/h4-5,13H,1-3,11H2. The first-order valence-corrected chi connectivity index (χ1v) is 4.63. The molecule has 3 nitrogen and oxygen atoms in total. The zero-order valence-corrected chi connectivity index (χ0v) is 7.88. The number of nitrogen functional groups attached to an aromatic ring is 1. The third kappa shape index (κ3) is 1.38. The number of pyridine rings is 1. The van der Waals surface area contributed by atoms with Gasteiger partial charge in [-0.05, 0) is 25.3 Å². The van der Waals surface area contributed by atoms with E-state index in [9.17, 15) is 5.11 Å². The highest BCUT2D eigenvalue weighted by molar-refractivity contribution is 6.31. The van der Waals surface area contributed by atoms with Crippen molar-refractivity contribution in [2.45, 2.75) is 24.9 Å². The van der Waals surface area contributed by atoms with E-state index in [2.05, 4.69) is 4.98 Å². The van der Waals surface area contributed by atoms with Crippen molar-refractivity contribution in [2.24, 2.45) is 0 Å². The van der Waals surface area contributed by atoms with Crippen LogP contribution in [0.25, 0.3) is 0 Å². The maximum Gasteiger partial charge on any atom is 0.108 e. The Bertz CT molecular complexity index is 336. The summed E-state index contributed by atoms with van der Waals surface area (Å²) in [7, 11) is 0. The van der Waals surface area contributed by atoms with Crippen LogP contribution in [0.1, 0.15) is 25.0 Å². The summed E-state index contributed by atoms with van der Waals surface area (Å²) in [6, 6.07) is 1.63. The van der Waals surface area contributed by atoms with Crippen LogP contribution >= 0.6 is 11.6 Å². The minimum atomic E-state index is -0.801. The summed E-state index contributed by atoms with van der Waals surface area (Å²) in [6.45, 7) is 0. The maximum absolute atomic E-state index is 9.97. The fraction of sp³-hybridized carbons (Fsp3) is 0.444. The van der Waals surface area contributed by atoms with Crippen LogP contribution in [0.4, 0.5) is 5.69 Å². The quantitative estimate of drug-likeness (QED) is 0.722. The minimum Gasteiger partial charge on any atom is -0.397 e. The lowest BCUT2D eigenvalue weighted by atomic mass is 9.77. The molecular formula is C9H11ClN2O. The molecule has 1 aromatic rings. The number of aliphatic hydroxyl groups is 1. The van der Waals surface area contributed by atoms with E-state index < -0.39 is 5.60 Å². The molecule has 0 atom stereocenters. The molecule has 0 aromatic carbocycles. The predicted molar refractivity (Wildman–Crippen MR) is 51.4 cm³/mol. The van der Waals surface area contributed by atoms with Gasteiger partial charge in [0.1, 0.15) is 5.60 Å². The van der Waals surface area contributed by atoms with E-state index in [-0.39, 0.29) is 0 Å². The van der Waals surface area contributed by atoms with Gasteiger partial charge in [0.05, 0.1) is 22.6 Å². The Morgan fingerprint density at radius 3 is 2.69 bits per heavy atom. The molecule has 3 N–H and O–H groups in total. The van der Waals surface area contributed by atoms with E-state index in [0.29, 0.717) is 16.4 Å². The molecule has 0 amide bonds. The molecule has 0 spiro atoms. The van der Waals surface area contributed by atoms with Crippen LogP contribution in [0.3, 0.4) is 0 Å². The van der Waals surface area contributed by atoms with Crippen LogP contribution in [0.5, 0.6) is 0 Å². The second-order valence-electron chi connectivity index (χ2n) is 3.48. The number of anilines is 1. The summed E-state index contributed by atoms with van der Waals surface area (Å²) in [5.74, 6) is 0. The second-order valence-corrected chi connectivity index (χ2v) is 3.89. The van der Waals surface area contributed by atoms with E-state index in [4.69, 9.17) is 17.3 Å². The van der Waals surface area contributed by atoms with Crippen LogP contribution in [0, 0.1) is 0 Å². The number of halogens is 1. The van der Waals surface area contributed by atoms with Gasteiger partial charge in [-0.1, -0.05) is 11.6 Å². The molecule has 0 unspecified atom stereocenters. The zero-order chi connectivity index (χ0) is 9.47. The monoisotopic (exact) mass is 198 g/mol. The van der Waals surface area contributed by atoms with E-state index in [1.54, 1.807) is 6.07 Å². The molecule has 1 aliphatic rings. The number of hydrogen-bond donors (Lipinski definition) is 2. The molecule has 1 saturated carbocycles. The molecule has 1 fully saturated rings. The van der Waals surface area contributed by atoms with Gasteiger partial charge in [-0.25, -0.2) is 0 Å². The van der Waals surface area contributed by atoms with Gasteiger partial charge >= 0.3 is 0 Å². The van der Waals surface area contributed by atoms with Gasteiger partial charge in [0.2, 0.25) is 0 Å². The van der Waals surface area contributed by atoms with E-state index >= 15 is 0 Å². The molecule has 2 rings (SSSR count). The Morgan fingerprint density at radius 1 is 1.54 bits per heavy atom. The van der Waals surface area contributed by atoms with Gasteiger partial charge in [-0.2, -0.15) is 0 Å². The first-order valence-electron chi connectivity index (χ1n) is 4.26. The summed E-state index contributed by atoms with van der Waals surface area (Å²) in [5, 5.41) is 10.4. The van der Waals surface area contributed by atoms with Gasteiger partial charge < -0.3 is 10.8 Å². The van der Waals surface area contributed by atoms with Gasteiger partial charge in [0, 0.05) is 0 Å². The molecular weight excluding hydrogens is 188 g/mol. The molecule has 70 valence electrons. The summed E-state index contributed by atoms with van der Waals surface area (Å²) in [4.78, 5) is 4.06. The highest BCUT2D eigenvalue weighted by Gasteiger charge is 2.39. The highest BCUT2D eigenvalue weighted by Crippen LogP contribution is 2.42. The normalized spacial score (nSPS) is 19.5. The van der Waals surface area contributed by atoms with Crippen molar-refractivity contribution < 1.29 is 5.11 Å². The van der Waals surface area contributed by atoms with Crippen LogP contribution in [-0.2, 0) is 5.60 Å². The van der Waals surface area contributed by atoms with Crippen molar-refractivity contribution in [2.75, 3.05) is 5.73 Å². The van der Waals surface area contributed by atoms with Gasteiger partial charge in [0.25, 0.3) is 0 Å². The van der Waals surface area contributed by atoms with Gasteiger partial charge in [-0.3, -0.25) is 4.98 Å². The molecule has 1 heterocycles. The Kier molecular flexibility index (Phi) is 1.93. The second kappa shape index (κ2) is 2.86. The van der Waals surface area contributed by atoms with Crippen LogP contribution in [0.15, 0.2) is 12.3 Å². The lowest BCUT2D eigenvalue weighted by molar-refractivity contribution is -0.0424. The Morgan fingerprint density at radius 2 is 2.23 bits per heavy atom. The van der Waals surface area contributed by atoms with Crippen LogP contribution < -0.4 is 5.73 Å². The summed E-state index contributed by atoms with van der Waals surface area (Å²) < 4.78 is 0. The first kappa shape index (κ1) is 8.78. The first-order chi connectivity index (χ1) is 6.12. The average molecular weight is 199 g/mol. The average Bonchev–Trinajstić information content (AvgIpc) is 2.00. The fourth-order valence-electron chi connectivity index (χ4n) is 1.54. The molecule has 1 aromatic heterocycles. The number of hydrogen-bond acceptors (Lipinski definition) is 3. The minimum absolute atomic E-state index is 0.460. The maximum atomic E-state index is 9.97. The van der Waals surface area contributed by atoms with Crippen molar-refractivity contribution in [1.82, 2.24) is 4.98 Å². The van der Waals surface area contributed by atoms with E-state index in [1.165, 1.54) is 6.20 Å². The molecule has 0 aliphatic heterocycles. The van der Waals surface area contributed by atoms with Gasteiger partial charge in [-0.15, -0.1) is 0 Å². The van der Waals surface area contributed by atoms with Crippen LogP contribution in [-0.4, -0.2) is 10.1 Å². The topological polar surface area (TPSA) is 59.1 Å². The van der Waals surface area contributed by atoms with Crippen molar-refractivity contribution in [3.05, 3.63) is 23.0 Å². The predicted octanol–water partition coefficient (Wildman–Crippen LogP) is 1.69. The van der Waals surface area contributed by atoms with E-state index in [1.807, 2.05) is 0 Å². The molecule has 1 aliphatic carbocycles. The Balaban J connectivity index is 2.40. The van der Waals surface area contributed by atoms with Crippen LogP contribution in [0.2, 0.25) is 5.02 Å². The van der Waals surface area contributed by atoms with Crippen molar-refractivity contribution in [3.8, 4) is 0 Å². The summed E-state index contributed by atoms with van der Waals surface area (Å²) >= 11 is 5.92. The Hall–Kier alpha value is -0.800. The van der Waals surface area contributed by atoms with Crippen molar-refractivity contribution in [3.63, 3.8) is 0 Å². The zero-order valence-electron chi connectivity index (χ0n) is 7.13. The van der Waals surface area contributed by atoms with Gasteiger partial charge in [0.15, 0.2) is 0 Å². The lowest BCUT2D eigenvalue weighted by Gasteiger charge is -2.36. The SMILES string of the molecule is Nc1cnc(C2(O)CCC2)c(Cl)c1. The number of rotatable bonds is 1. The Labute approximate surface area is 81.5 Å². The molecule has 0 radical (unpaired) electrons. The molecule has 4 heteroatoms. The number of nitrogens with zero attached hydrogens (tertiary/aromatic N) is 1. The molecule has 0 saturated heterocycles. The third-order valence-corrected chi connectivity index (χ3v) is 2.77. The van der Waals surface area contributed by atoms with Crippen molar-refractivity contribution in [1.29, 1.82) is 0 Å². The summed E-state index contributed by atoms with van der Waals surface area (Å²) in [5.41, 5.74) is 5.79. The summed E-state index contributed by atoms with van der Waals surface area (Å²) in [6.07, 6.45) is 4.03.